The van der Waals surface area contributed by atoms with Gasteiger partial charge in [-0.05, 0) is 29.5 Å². The fourth-order valence-electron chi connectivity index (χ4n) is 2.78. The molecule has 0 aliphatic carbocycles. The standard InChI is InChI=1S/C16H26N2O2/c1-5-19-15(16(2,3)4)14(18-17)12-6-7-13-11(10-12)8-9-20-13/h6-7,10,14-15,18H,5,8-9,17H2,1-4H3. The minimum Gasteiger partial charge on any atom is -0.493 e. The summed E-state index contributed by atoms with van der Waals surface area (Å²) in [5.41, 5.74) is 5.35. The summed E-state index contributed by atoms with van der Waals surface area (Å²) in [6.45, 7) is 9.99. The molecule has 0 aromatic heterocycles. The van der Waals surface area contributed by atoms with E-state index in [2.05, 4.69) is 38.3 Å². The van der Waals surface area contributed by atoms with Crippen LogP contribution in [0.1, 0.15) is 44.9 Å². The van der Waals surface area contributed by atoms with E-state index in [-0.39, 0.29) is 17.6 Å². The average Bonchev–Trinajstić information content (AvgIpc) is 2.85. The Balaban J connectivity index is 2.30. The molecule has 0 saturated heterocycles. The van der Waals surface area contributed by atoms with Gasteiger partial charge in [-0.25, -0.2) is 0 Å². The molecule has 0 spiro atoms. The molecule has 0 saturated carbocycles. The largest absolute Gasteiger partial charge is 0.493 e. The van der Waals surface area contributed by atoms with E-state index in [1.165, 1.54) is 5.56 Å². The SMILES string of the molecule is CCOC(C(NN)c1ccc2c(c1)CCO2)C(C)(C)C. The number of hydrogen-bond donors (Lipinski definition) is 2. The third-order valence-electron chi connectivity index (χ3n) is 3.75. The van der Waals surface area contributed by atoms with Gasteiger partial charge in [0.15, 0.2) is 0 Å². The van der Waals surface area contributed by atoms with Crippen LogP contribution in [0.5, 0.6) is 5.75 Å². The molecule has 4 heteroatoms. The summed E-state index contributed by atoms with van der Waals surface area (Å²) >= 11 is 0. The summed E-state index contributed by atoms with van der Waals surface area (Å²) in [6.07, 6.45) is 0.979. The second-order valence-electron chi connectivity index (χ2n) is 6.35. The number of hydrogen-bond acceptors (Lipinski definition) is 4. The van der Waals surface area contributed by atoms with E-state index >= 15 is 0 Å². The molecule has 2 unspecified atom stereocenters. The molecule has 3 N–H and O–H groups in total. The zero-order valence-electron chi connectivity index (χ0n) is 12.9. The topological polar surface area (TPSA) is 56.5 Å². The highest BCUT2D eigenvalue weighted by molar-refractivity contribution is 5.41. The summed E-state index contributed by atoms with van der Waals surface area (Å²) in [7, 11) is 0. The Morgan fingerprint density at radius 1 is 1.40 bits per heavy atom. The third kappa shape index (κ3) is 3.14. The second-order valence-corrected chi connectivity index (χ2v) is 6.35. The van der Waals surface area contributed by atoms with E-state index in [0.29, 0.717) is 6.61 Å². The van der Waals surface area contributed by atoms with Gasteiger partial charge in [0.1, 0.15) is 5.75 Å². The maximum absolute atomic E-state index is 5.96. The second kappa shape index (κ2) is 6.12. The molecule has 20 heavy (non-hydrogen) atoms. The quantitative estimate of drug-likeness (QED) is 0.642. The molecular formula is C16H26N2O2. The lowest BCUT2D eigenvalue weighted by Crippen LogP contribution is -2.44. The van der Waals surface area contributed by atoms with E-state index in [1.54, 1.807) is 0 Å². The van der Waals surface area contributed by atoms with E-state index in [4.69, 9.17) is 15.3 Å². The first kappa shape index (κ1) is 15.3. The summed E-state index contributed by atoms with van der Waals surface area (Å²) in [6, 6.07) is 6.27. The first-order valence-corrected chi connectivity index (χ1v) is 7.30. The Kier molecular flexibility index (Phi) is 4.68. The smallest absolute Gasteiger partial charge is 0.122 e. The summed E-state index contributed by atoms with van der Waals surface area (Å²) in [5, 5.41) is 0. The lowest BCUT2D eigenvalue weighted by Gasteiger charge is -2.36. The van der Waals surface area contributed by atoms with E-state index in [0.717, 1.165) is 24.3 Å². The Labute approximate surface area is 121 Å². The molecular weight excluding hydrogens is 252 g/mol. The zero-order chi connectivity index (χ0) is 14.8. The van der Waals surface area contributed by atoms with Crippen LogP contribution in [0.25, 0.3) is 0 Å². The van der Waals surface area contributed by atoms with Crippen LogP contribution in [0.3, 0.4) is 0 Å². The molecule has 1 aliphatic heterocycles. The van der Waals surface area contributed by atoms with Crippen LogP contribution in [-0.2, 0) is 11.2 Å². The number of rotatable bonds is 5. The monoisotopic (exact) mass is 278 g/mol. The average molecular weight is 278 g/mol. The Morgan fingerprint density at radius 2 is 2.15 bits per heavy atom. The lowest BCUT2D eigenvalue weighted by atomic mass is 9.82. The predicted molar refractivity (Wildman–Crippen MR) is 80.6 cm³/mol. The van der Waals surface area contributed by atoms with Gasteiger partial charge in [0.25, 0.3) is 0 Å². The van der Waals surface area contributed by atoms with Gasteiger partial charge in [-0.1, -0.05) is 32.9 Å². The fourth-order valence-corrected chi connectivity index (χ4v) is 2.78. The summed E-state index contributed by atoms with van der Waals surface area (Å²) < 4.78 is 11.5. The molecule has 0 bridgehead atoms. The Bertz CT molecular complexity index is 454. The van der Waals surface area contributed by atoms with Crippen LogP contribution in [-0.4, -0.2) is 19.3 Å². The van der Waals surface area contributed by atoms with Crippen LogP contribution in [0.2, 0.25) is 0 Å². The van der Waals surface area contributed by atoms with Crippen molar-refractivity contribution in [2.24, 2.45) is 11.3 Å². The van der Waals surface area contributed by atoms with Crippen molar-refractivity contribution in [3.05, 3.63) is 29.3 Å². The highest BCUT2D eigenvalue weighted by Crippen LogP contribution is 2.35. The molecule has 0 fully saturated rings. The maximum Gasteiger partial charge on any atom is 0.122 e. The minimum absolute atomic E-state index is 0.00254. The van der Waals surface area contributed by atoms with Crippen molar-refractivity contribution in [3.63, 3.8) is 0 Å². The predicted octanol–water partition coefficient (Wildman–Crippen LogP) is 2.58. The molecule has 1 aromatic rings. The number of hydrazine groups is 1. The Hall–Kier alpha value is -1.10. The fraction of sp³-hybridized carbons (Fsp3) is 0.625. The van der Waals surface area contributed by atoms with Crippen LogP contribution in [0, 0.1) is 5.41 Å². The van der Waals surface area contributed by atoms with Crippen molar-refractivity contribution in [2.75, 3.05) is 13.2 Å². The van der Waals surface area contributed by atoms with Gasteiger partial charge in [0.2, 0.25) is 0 Å². The van der Waals surface area contributed by atoms with Crippen LogP contribution in [0.15, 0.2) is 18.2 Å². The number of benzene rings is 1. The number of fused-ring (bicyclic) bond motifs is 1. The Morgan fingerprint density at radius 3 is 2.75 bits per heavy atom. The molecule has 1 aromatic carbocycles. The first-order chi connectivity index (χ1) is 9.47. The molecule has 1 aliphatic rings. The van der Waals surface area contributed by atoms with Gasteiger partial charge < -0.3 is 9.47 Å². The van der Waals surface area contributed by atoms with Crippen molar-refractivity contribution >= 4 is 0 Å². The maximum atomic E-state index is 5.96. The number of nitrogens with one attached hydrogen (secondary N) is 1. The molecule has 2 rings (SSSR count). The normalized spacial score (nSPS) is 17.4. The highest BCUT2D eigenvalue weighted by Gasteiger charge is 2.34. The van der Waals surface area contributed by atoms with Crippen LogP contribution >= 0.6 is 0 Å². The van der Waals surface area contributed by atoms with Gasteiger partial charge in [-0.2, -0.15) is 0 Å². The zero-order valence-corrected chi connectivity index (χ0v) is 12.9. The van der Waals surface area contributed by atoms with Crippen LogP contribution in [0.4, 0.5) is 0 Å². The first-order valence-electron chi connectivity index (χ1n) is 7.30. The van der Waals surface area contributed by atoms with Crippen molar-refractivity contribution in [3.8, 4) is 5.75 Å². The van der Waals surface area contributed by atoms with Gasteiger partial charge in [0.05, 0.1) is 18.8 Å². The van der Waals surface area contributed by atoms with Crippen molar-refractivity contribution < 1.29 is 9.47 Å². The number of ether oxygens (including phenoxy) is 2. The minimum atomic E-state index is -0.0270. The molecule has 1 heterocycles. The van der Waals surface area contributed by atoms with E-state index in [9.17, 15) is 0 Å². The van der Waals surface area contributed by atoms with Gasteiger partial charge in [0, 0.05) is 13.0 Å². The van der Waals surface area contributed by atoms with Gasteiger partial charge >= 0.3 is 0 Å². The van der Waals surface area contributed by atoms with E-state index < -0.39 is 0 Å². The van der Waals surface area contributed by atoms with Crippen LogP contribution < -0.4 is 16.0 Å². The molecule has 2 atom stereocenters. The highest BCUT2D eigenvalue weighted by atomic mass is 16.5. The van der Waals surface area contributed by atoms with Gasteiger partial charge in [-0.15, -0.1) is 0 Å². The molecule has 4 nitrogen and oxygen atoms in total. The molecule has 0 amide bonds. The van der Waals surface area contributed by atoms with Crippen molar-refractivity contribution in [1.29, 1.82) is 0 Å². The van der Waals surface area contributed by atoms with Gasteiger partial charge in [-0.3, -0.25) is 11.3 Å². The van der Waals surface area contributed by atoms with Crippen molar-refractivity contribution in [1.82, 2.24) is 5.43 Å². The third-order valence-corrected chi connectivity index (χ3v) is 3.75. The molecule has 0 radical (unpaired) electrons. The molecule has 112 valence electrons. The summed E-state index contributed by atoms with van der Waals surface area (Å²) in [4.78, 5) is 0. The number of nitrogens with two attached hydrogens (primary N) is 1. The van der Waals surface area contributed by atoms with Crippen molar-refractivity contribution in [2.45, 2.75) is 46.3 Å². The lowest BCUT2D eigenvalue weighted by molar-refractivity contribution is -0.0366. The summed E-state index contributed by atoms with van der Waals surface area (Å²) in [5.74, 6) is 6.81. The van der Waals surface area contributed by atoms with E-state index in [1.807, 2.05) is 13.0 Å².